The molecule has 3 aromatic rings. The van der Waals surface area contributed by atoms with Crippen LogP contribution in [-0.4, -0.2) is 24.5 Å². The number of aryl methyl sites for hydroxylation is 1. The van der Waals surface area contributed by atoms with Gasteiger partial charge in [0.05, 0.1) is 5.69 Å². The van der Waals surface area contributed by atoms with Gasteiger partial charge in [-0.25, -0.2) is 0 Å². The average Bonchev–Trinajstić information content (AvgIpc) is 3.06. The van der Waals surface area contributed by atoms with Crippen molar-refractivity contribution in [3.63, 3.8) is 0 Å². The minimum Gasteiger partial charge on any atom is -0.356 e. The molecular weight excluding hydrogens is 378 g/mol. The largest absolute Gasteiger partial charge is 0.356 e. The molecule has 0 radical (unpaired) electrons. The third-order valence-electron chi connectivity index (χ3n) is 5.55. The second kappa shape index (κ2) is 4.96. The molecular formula is C20H18BrN3O. The quantitative estimate of drug-likeness (QED) is 0.610. The molecule has 1 aromatic heterocycles. The average molecular weight is 396 g/mol. The first kappa shape index (κ1) is 15.2. The second-order valence-electron chi connectivity index (χ2n) is 6.98. The summed E-state index contributed by atoms with van der Waals surface area (Å²) in [6.45, 7) is 2.88. The lowest BCUT2D eigenvalue weighted by molar-refractivity contribution is -0.122. The number of H-pyrrole nitrogens is 1. The van der Waals surface area contributed by atoms with Crippen molar-refractivity contribution in [2.75, 3.05) is 18.5 Å². The van der Waals surface area contributed by atoms with Gasteiger partial charge in [0.15, 0.2) is 5.54 Å². The molecule has 0 bridgehead atoms. The highest BCUT2D eigenvalue weighted by molar-refractivity contribution is 9.10. The highest BCUT2D eigenvalue weighted by Crippen LogP contribution is 2.48. The fourth-order valence-electron chi connectivity index (χ4n) is 4.39. The van der Waals surface area contributed by atoms with E-state index >= 15 is 0 Å². The third kappa shape index (κ3) is 1.82. The monoisotopic (exact) mass is 395 g/mol. The molecule has 3 heterocycles. The topological polar surface area (TPSA) is 48.1 Å². The number of hydrogen-bond acceptors (Lipinski definition) is 2. The lowest BCUT2D eigenvalue weighted by Gasteiger charge is -2.34. The summed E-state index contributed by atoms with van der Waals surface area (Å²) in [5.74, 6) is 0.0739. The Bertz CT molecular complexity index is 1050. The summed E-state index contributed by atoms with van der Waals surface area (Å²) in [6, 6.07) is 12.5. The zero-order chi connectivity index (χ0) is 17.3. The molecule has 0 saturated carbocycles. The van der Waals surface area contributed by atoms with Gasteiger partial charge >= 0.3 is 0 Å². The van der Waals surface area contributed by atoms with Gasteiger partial charge in [0.1, 0.15) is 0 Å². The number of benzene rings is 2. The maximum atomic E-state index is 13.4. The standard InChI is InChI=1S/C20H18BrN3O/c1-11-3-5-16-14(9-11)13-7-8-22-20(18(13)23-16)15-10-12(21)4-6-17(15)24(2)19(20)25/h3-6,9-10,22-23H,7-8H2,1-2H3/t20-/m1/s1. The van der Waals surface area contributed by atoms with Crippen LogP contribution in [0.25, 0.3) is 10.9 Å². The maximum absolute atomic E-state index is 13.4. The Morgan fingerprint density at radius 1 is 1.20 bits per heavy atom. The van der Waals surface area contributed by atoms with Gasteiger partial charge in [-0.15, -0.1) is 0 Å². The van der Waals surface area contributed by atoms with Gasteiger partial charge in [0.2, 0.25) is 0 Å². The molecule has 0 fully saturated rings. The molecule has 1 spiro atoms. The molecule has 2 aliphatic heterocycles. The van der Waals surface area contributed by atoms with E-state index in [-0.39, 0.29) is 5.91 Å². The summed E-state index contributed by atoms with van der Waals surface area (Å²) in [5.41, 5.74) is 5.73. The van der Waals surface area contributed by atoms with Crippen LogP contribution in [0.3, 0.4) is 0 Å². The molecule has 126 valence electrons. The molecule has 5 heteroatoms. The Morgan fingerprint density at radius 2 is 2.04 bits per heavy atom. The van der Waals surface area contributed by atoms with Crippen molar-refractivity contribution in [2.24, 2.45) is 0 Å². The van der Waals surface area contributed by atoms with E-state index in [1.54, 1.807) is 4.90 Å². The molecule has 0 unspecified atom stereocenters. The number of carbonyl (C=O) groups is 1. The molecule has 0 saturated heterocycles. The van der Waals surface area contributed by atoms with Gasteiger partial charge in [0, 0.05) is 40.2 Å². The van der Waals surface area contributed by atoms with E-state index in [4.69, 9.17) is 0 Å². The normalized spacial score (nSPS) is 21.9. The van der Waals surface area contributed by atoms with Gasteiger partial charge < -0.3 is 9.88 Å². The van der Waals surface area contributed by atoms with Crippen LogP contribution in [0.5, 0.6) is 0 Å². The second-order valence-corrected chi connectivity index (χ2v) is 7.90. The van der Waals surface area contributed by atoms with Crippen LogP contribution < -0.4 is 10.2 Å². The zero-order valence-electron chi connectivity index (χ0n) is 14.1. The van der Waals surface area contributed by atoms with Gasteiger partial charge in [-0.05, 0) is 49.2 Å². The Balaban J connectivity index is 1.87. The van der Waals surface area contributed by atoms with Crippen LogP contribution in [0.15, 0.2) is 40.9 Å². The van der Waals surface area contributed by atoms with Crippen LogP contribution in [0.2, 0.25) is 0 Å². The van der Waals surface area contributed by atoms with Gasteiger partial charge in [-0.3, -0.25) is 10.1 Å². The van der Waals surface area contributed by atoms with E-state index in [1.165, 1.54) is 16.5 Å². The number of rotatable bonds is 0. The number of fused-ring (bicyclic) bond motifs is 6. The summed E-state index contributed by atoms with van der Waals surface area (Å²) < 4.78 is 0.981. The van der Waals surface area contributed by atoms with Crippen LogP contribution in [0.1, 0.15) is 22.4 Å². The van der Waals surface area contributed by atoms with Crippen molar-refractivity contribution in [3.8, 4) is 0 Å². The molecule has 2 aliphatic rings. The lowest BCUT2D eigenvalue weighted by atomic mass is 9.82. The minimum absolute atomic E-state index is 0.0739. The summed E-state index contributed by atoms with van der Waals surface area (Å²) in [6.07, 6.45) is 0.918. The predicted octanol–water partition coefficient (Wildman–Crippen LogP) is 3.60. The molecule has 2 N–H and O–H groups in total. The summed E-state index contributed by atoms with van der Waals surface area (Å²) >= 11 is 3.57. The number of aromatic nitrogens is 1. The lowest BCUT2D eigenvalue weighted by Crippen LogP contribution is -2.54. The van der Waals surface area contributed by atoms with E-state index in [0.29, 0.717) is 0 Å². The Kier molecular flexibility index (Phi) is 3.01. The fraction of sp³-hybridized carbons (Fsp3) is 0.250. The van der Waals surface area contributed by atoms with Crippen molar-refractivity contribution in [2.45, 2.75) is 18.9 Å². The number of amides is 1. The number of nitrogens with zero attached hydrogens (tertiary/aromatic N) is 1. The number of nitrogens with one attached hydrogen (secondary N) is 2. The molecule has 1 atom stereocenters. The van der Waals surface area contributed by atoms with Gasteiger partial charge in [-0.2, -0.15) is 0 Å². The number of halogens is 1. The van der Waals surface area contributed by atoms with Crippen molar-refractivity contribution in [1.29, 1.82) is 0 Å². The third-order valence-corrected chi connectivity index (χ3v) is 6.04. The van der Waals surface area contributed by atoms with Crippen molar-refractivity contribution in [1.82, 2.24) is 10.3 Å². The first-order valence-corrected chi connectivity index (χ1v) is 9.26. The first-order chi connectivity index (χ1) is 12.0. The minimum atomic E-state index is -0.825. The van der Waals surface area contributed by atoms with Crippen LogP contribution >= 0.6 is 15.9 Å². The molecule has 25 heavy (non-hydrogen) atoms. The highest BCUT2D eigenvalue weighted by atomic mass is 79.9. The van der Waals surface area contributed by atoms with Crippen LogP contribution in [0.4, 0.5) is 5.69 Å². The first-order valence-electron chi connectivity index (χ1n) is 8.47. The van der Waals surface area contributed by atoms with Crippen molar-refractivity contribution in [3.05, 3.63) is 63.3 Å². The van der Waals surface area contributed by atoms with E-state index in [1.807, 2.05) is 19.2 Å². The van der Waals surface area contributed by atoms with Crippen LogP contribution in [0, 0.1) is 6.92 Å². The SMILES string of the molecule is Cc1ccc2[nH]c3c(c2c1)CCN[C@@]31C(=O)N(C)c2ccc(Br)cc21. The predicted molar refractivity (Wildman–Crippen MR) is 103 cm³/mol. The molecule has 4 nitrogen and oxygen atoms in total. The van der Waals surface area contributed by atoms with Crippen molar-refractivity contribution >= 4 is 38.4 Å². The summed E-state index contributed by atoms with van der Waals surface area (Å²) in [5, 5.41) is 4.78. The van der Waals surface area contributed by atoms with Gasteiger partial charge in [-0.1, -0.05) is 27.6 Å². The summed E-state index contributed by atoms with van der Waals surface area (Å²) in [4.78, 5) is 18.7. The number of hydrogen-bond donors (Lipinski definition) is 2. The Morgan fingerprint density at radius 3 is 2.88 bits per heavy atom. The summed E-state index contributed by atoms with van der Waals surface area (Å²) in [7, 11) is 1.85. The molecule has 0 aliphatic carbocycles. The van der Waals surface area contributed by atoms with E-state index in [9.17, 15) is 4.79 Å². The molecule has 2 aromatic carbocycles. The van der Waals surface area contributed by atoms with E-state index in [2.05, 4.69) is 57.4 Å². The number of carbonyl (C=O) groups excluding carboxylic acids is 1. The van der Waals surface area contributed by atoms with E-state index < -0.39 is 5.54 Å². The Labute approximate surface area is 154 Å². The highest BCUT2D eigenvalue weighted by Gasteiger charge is 2.54. The van der Waals surface area contributed by atoms with Crippen molar-refractivity contribution < 1.29 is 4.79 Å². The zero-order valence-corrected chi connectivity index (χ0v) is 15.7. The smallest absolute Gasteiger partial charge is 0.257 e. The fourth-order valence-corrected chi connectivity index (χ4v) is 4.76. The number of anilines is 1. The Hall–Kier alpha value is -2.11. The number of likely N-dealkylation sites (N-methyl/N-ethyl adjacent to an activating group) is 1. The molecule has 1 amide bonds. The maximum Gasteiger partial charge on any atom is 0.257 e. The van der Waals surface area contributed by atoms with Gasteiger partial charge in [0.25, 0.3) is 5.91 Å². The van der Waals surface area contributed by atoms with E-state index in [0.717, 1.165) is 39.9 Å². The molecule has 5 rings (SSSR count). The van der Waals surface area contributed by atoms with Crippen LogP contribution in [-0.2, 0) is 16.8 Å². The number of aromatic amines is 1.